The molecule has 1 aliphatic heterocycles. The maximum absolute atomic E-state index is 13.8. The van der Waals surface area contributed by atoms with E-state index in [0.29, 0.717) is 20.3 Å². The molecule has 5 nitrogen and oxygen atoms in total. The lowest BCUT2D eigenvalue weighted by atomic mass is 10.0. The molecule has 1 saturated heterocycles. The number of methoxy groups -OCH3 is 1. The van der Waals surface area contributed by atoms with E-state index in [9.17, 15) is 18.0 Å². The summed E-state index contributed by atoms with van der Waals surface area (Å²) in [6.07, 6.45) is -3.18. The molecule has 3 aromatic rings. The number of thioether (sulfide) groups is 1. The van der Waals surface area contributed by atoms with Crippen molar-refractivity contribution in [3.63, 3.8) is 0 Å². The molecule has 4 rings (SSSR count). The second-order valence-corrected chi connectivity index (χ2v) is 7.94. The van der Waals surface area contributed by atoms with Crippen LogP contribution in [-0.2, 0) is 11.0 Å². The molecule has 1 fully saturated rings. The van der Waals surface area contributed by atoms with Crippen LogP contribution < -0.4 is 10.1 Å². The number of halogens is 3. The van der Waals surface area contributed by atoms with E-state index in [4.69, 9.17) is 17.0 Å². The lowest BCUT2D eigenvalue weighted by molar-refractivity contribution is -0.140. The fourth-order valence-corrected chi connectivity index (χ4v) is 4.00. The molecule has 0 atom stereocenters. The Morgan fingerprint density at radius 3 is 2.43 bits per heavy atom. The molecule has 1 aliphatic rings. The number of fused-ring (bicyclic) bond motifs is 1. The third-order valence-corrected chi connectivity index (χ3v) is 5.42. The van der Waals surface area contributed by atoms with Crippen molar-refractivity contribution in [1.29, 1.82) is 0 Å². The summed E-state index contributed by atoms with van der Waals surface area (Å²) in [4.78, 5) is 20.3. The number of carbonyl (C=O) groups is 1. The molecule has 0 bridgehead atoms. The summed E-state index contributed by atoms with van der Waals surface area (Å²) in [7, 11) is 1.36. The van der Waals surface area contributed by atoms with Gasteiger partial charge in [-0.2, -0.15) is 13.2 Å². The minimum Gasteiger partial charge on any atom is -0.496 e. The number of hydrogen-bond donors (Lipinski definition) is 1. The molecule has 0 saturated carbocycles. The molecule has 30 heavy (non-hydrogen) atoms. The van der Waals surface area contributed by atoms with Crippen LogP contribution in [0.25, 0.3) is 28.4 Å². The molecule has 1 amide bonds. The molecule has 0 spiro atoms. The molecule has 0 radical (unpaired) electrons. The van der Waals surface area contributed by atoms with Crippen LogP contribution >= 0.6 is 24.0 Å². The van der Waals surface area contributed by atoms with E-state index in [1.807, 2.05) is 0 Å². The van der Waals surface area contributed by atoms with Gasteiger partial charge in [-0.15, -0.1) is 0 Å². The summed E-state index contributed by atoms with van der Waals surface area (Å²) in [5, 5.41) is 2.50. The molecule has 2 aromatic carbocycles. The van der Waals surface area contributed by atoms with E-state index in [0.717, 1.165) is 11.8 Å². The maximum Gasteiger partial charge on any atom is 0.435 e. The standard InChI is InChI=1S/C20H12F3N3O2S2/c1-28-14-7-6-10(9-15-18(27)26-19(29)30-15)8-11(14)16-17(20(21,22)23)25-13-5-3-2-4-12(13)24-16/h2-9H,1H3,(H,26,27,29). The average Bonchev–Trinajstić information content (AvgIpc) is 3.03. The van der Waals surface area contributed by atoms with E-state index in [1.165, 1.54) is 25.3 Å². The maximum atomic E-state index is 13.8. The topological polar surface area (TPSA) is 64.1 Å². The van der Waals surface area contributed by atoms with E-state index in [1.54, 1.807) is 30.3 Å². The van der Waals surface area contributed by atoms with Crippen LogP contribution in [0, 0.1) is 0 Å². The zero-order valence-electron chi connectivity index (χ0n) is 15.3. The summed E-state index contributed by atoms with van der Waals surface area (Å²) in [6, 6.07) is 11.0. The largest absolute Gasteiger partial charge is 0.496 e. The molecule has 0 aliphatic carbocycles. The molecule has 0 unspecified atom stereocenters. The Morgan fingerprint density at radius 2 is 1.83 bits per heavy atom. The van der Waals surface area contributed by atoms with Crippen molar-refractivity contribution in [3.8, 4) is 17.0 Å². The number of nitrogens with zero attached hydrogens (tertiary/aromatic N) is 2. The Labute approximate surface area is 178 Å². The monoisotopic (exact) mass is 447 g/mol. The Balaban J connectivity index is 1.93. The first-order valence-electron chi connectivity index (χ1n) is 8.53. The zero-order chi connectivity index (χ0) is 21.5. The van der Waals surface area contributed by atoms with E-state index >= 15 is 0 Å². The van der Waals surface area contributed by atoms with Crippen molar-refractivity contribution < 1.29 is 22.7 Å². The summed E-state index contributed by atoms with van der Waals surface area (Å²) in [5.41, 5.74) is -0.392. The number of rotatable bonds is 3. The van der Waals surface area contributed by atoms with Gasteiger partial charge in [-0.05, 0) is 35.9 Å². The number of ether oxygens (including phenoxy) is 1. The Morgan fingerprint density at radius 1 is 1.13 bits per heavy atom. The van der Waals surface area contributed by atoms with Crippen molar-refractivity contribution in [2.45, 2.75) is 6.18 Å². The van der Waals surface area contributed by atoms with Crippen LogP contribution in [0.1, 0.15) is 11.3 Å². The van der Waals surface area contributed by atoms with Crippen molar-refractivity contribution in [3.05, 3.63) is 58.6 Å². The van der Waals surface area contributed by atoms with Crippen molar-refractivity contribution >= 4 is 51.3 Å². The predicted molar refractivity (Wildman–Crippen MR) is 113 cm³/mol. The summed E-state index contributed by atoms with van der Waals surface area (Å²) in [6.45, 7) is 0. The zero-order valence-corrected chi connectivity index (χ0v) is 16.9. The highest BCUT2D eigenvalue weighted by Crippen LogP contribution is 2.40. The van der Waals surface area contributed by atoms with Crippen LogP contribution in [0.3, 0.4) is 0 Å². The fraction of sp³-hybridized carbons (Fsp3) is 0.100. The van der Waals surface area contributed by atoms with Crippen LogP contribution in [-0.4, -0.2) is 27.3 Å². The first-order chi connectivity index (χ1) is 14.3. The van der Waals surface area contributed by atoms with Crippen LogP contribution in [0.15, 0.2) is 47.4 Å². The molecular weight excluding hydrogens is 435 g/mol. The molecule has 1 aromatic heterocycles. The number of aromatic nitrogens is 2. The summed E-state index contributed by atoms with van der Waals surface area (Å²) in [5.74, 6) is -0.157. The molecule has 10 heteroatoms. The van der Waals surface area contributed by atoms with E-state index in [2.05, 4.69) is 15.3 Å². The Kier molecular flexibility index (Phi) is 5.20. The molecule has 1 N–H and O–H groups in total. The lowest BCUT2D eigenvalue weighted by Crippen LogP contribution is -2.17. The van der Waals surface area contributed by atoms with Gasteiger partial charge in [-0.3, -0.25) is 4.79 Å². The molecule has 152 valence electrons. The van der Waals surface area contributed by atoms with Gasteiger partial charge in [-0.1, -0.05) is 42.2 Å². The van der Waals surface area contributed by atoms with Gasteiger partial charge < -0.3 is 10.1 Å². The molecular formula is C20H12F3N3O2S2. The van der Waals surface area contributed by atoms with E-state index in [-0.39, 0.29) is 28.4 Å². The minimum absolute atomic E-state index is 0.114. The SMILES string of the molecule is COc1ccc(C=C2SC(=S)NC2=O)cc1-c1nc2ccccc2nc1C(F)(F)F. The highest BCUT2D eigenvalue weighted by Gasteiger charge is 2.38. The van der Waals surface area contributed by atoms with Gasteiger partial charge in [-0.25, -0.2) is 9.97 Å². The number of alkyl halides is 3. The van der Waals surface area contributed by atoms with Gasteiger partial charge in [0.2, 0.25) is 0 Å². The molecule has 2 heterocycles. The quantitative estimate of drug-likeness (QED) is 0.459. The second kappa shape index (κ2) is 7.69. The minimum atomic E-state index is -4.72. The summed E-state index contributed by atoms with van der Waals surface area (Å²) < 4.78 is 47.0. The number of hydrogen-bond acceptors (Lipinski definition) is 6. The average molecular weight is 447 g/mol. The van der Waals surface area contributed by atoms with Crippen LogP contribution in [0.2, 0.25) is 0 Å². The van der Waals surface area contributed by atoms with Crippen molar-refractivity contribution in [2.24, 2.45) is 0 Å². The Bertz CT molecular complexity index is 1230. The predicted octanol–water partition coefficient (Wildman–Crippen LogP) is 4.81. The number of amides is 1. The first kappa shape index (κ1) is 20.3. The number of thiocarbonyl (C=S) groups is 1. The van der Waals surface area contributed by atoms with Gasteiger partial charge in [0, 0.05) is 5.56 Å². The third-order valence-electron chi connectivity index (χ3n) is 4.26. The highest BCUT2D eigenvalue weighted by molar-refractivity contribution is 8.26. The van der Waals surface area contributed by atoms with Gasteiger partial charge in [0.05, 0.1) is 23.0 Å². The number of para-hydroxylation sites is 2. The van der Waals surface area contributed by atoms with Crippen LogP contribution in [0.4, 0.5) is 13.2 Å². The van der Waals surface area contributed by atoms with Gasteiger partial charge in [0.15, 0.2) is 5.69 Å². The third kappa shape index (κ3) is 3.88. The smallest absolute Gasteiger partial charge is 0.435 e. The lowest BCUT2D eigenvalue weighted by Gasteiger charge is -2.15. The van der Waals surface area contributed by atoms with Crippen molar-refractivity contribution in [2.75, 3.05) is 7.11 Å². The first-order valence-corrected chi connectivity index (χ1v) is 9.76. The van der Waals surface area contributed by atoms with Crippen LogP contribution in [0.5, 0.6) is 5.75 Å². The Hall–Kier alpha value is -2.98. The number of benzene rings is 2. The highest BCUT2D eigenvalue weighted by atomic mass is 32.2. The number of carbonyl (C=O) groups excluding carboxylic acids is 1. The van der Waals surface area contributed by atoms with Gasteiger partial charge >= 0.3 is 6.18 Å². The summed E-state index contributed by atoms with van der Waals surface area (Å²) >= 11 is 6.04. The van der Waals surface area contributed by atoms with Gasteiger partial charge in [0.1, 0.15) is 15.8 Å². The fourth-order valence-electron chi connectivity index (χ4n) is 2.96. The normalized spacial score (nSPS) is 15.7. The van der Waals surface area contributed by atoms with Gasteiger partial charge in [0.25, 0.3) is 5.91 Å². The number of nitrogens with one attached hydrogen (secondary N) is 1. The van der Waals surface area contributed by atoms with E-state index < -0.39 is 11.9 Å². The second-order valence-electron chi connectivity index (χ2n) is 6.22. The van der Waals surface area contributed by atoms with Crippen molar-refractivity contribution in [1.82, 2.24) is 15.3 Å².